The summed E-state index contributed by atoms with van der Waals surface area (Å²) in [4.78, 5) is 4.97. The van der Waals surface area contributed by atoms with Crippen LogP contribution in [0.3, 0.4) is 0 Å². The average Bonchev–Trinajstić information content (AvgIpc) is 2.88. The van der Waals surface area contributed by atoms with Gasteiger partial charge in [0.1, 0.15) is 0 Å². The molecular formula is C13H27N3O. The SMILES string of the molecule is CN(CCN1CCCC1)CC1(C)COCC1N. The van der Waals surface area contributed by atoms with Crippen LogP contribution in [0.15, 0.2) is 0 Å². The highest BCUT2D eigenvalue weighted by atomic mass is 16.5. The maximum absolute atomic E-state index is 6.12. The van der Waals surface area contributed by atoms with Crippen molar-refractivity contribution >= 4 is 0 Å². The van der Waals surface area contributed by atoms with E-state index in [2.05, 4.69) is 23.8 Å². The lowest BCUT2D eigenvalue weighted by Gasteiger charge is -2.32. The summed E-state index contributed by atoms with van der Waals surface area (Å²) in [7, 11) is 2.20. The Balaban J connectivity index is 1.70. The highest BCUT2D eigenvalue weighted by molar-refractivity contribution is 4.92. The zero-order valence-corrected chi connectivity index (χ0v) is 11.3. The van der Waals surface area contributed by atoms with Crippen LogP contribution in [0.5, 0.6) is 0 Å². The molecule has 0 aromatic heterocycles. The van der Waals surface area contributed by atoms with Crippen molar-refractivity contribution in [1.29, 1.82) is 0 Å². The van der Waals surface area contributed by atoms with Crippen LogP contribution in [0, 0.1) is 5.41 Å². The molecule has 2 N–H and O–H groups in total. The molecule has 2 unspecified atom stereocenters. The molecule has 0 saturated carbocycles. The molecule has 0 spiro atoms. The van der Waals surface area contributed by atoms with Crippen molar-refractivity contribution in [3.63, 3.8) is 0 Å². The van der Waals surface area contributed by atoms with E-state index in [0.29, 0.717) is 0 Å². The maximum Gasteiger partial charge on any atom is 0.0624 e. The largest absolute Gasteiger partial charge is 0.379 e. The van der Waals surface area contributed by atoms with Gasteiger partial charge in [0.15, 0.2) is 0 Å². The molecule has 2 heterocycles. The van der Waals surface area contributed by atoms with Gasteiger partial charge in [0.05, 0.1) is 13.2 Å². The maximum atomic E-state index is 6.12. The Morgan fingerprint density at radius 2 is 2.12 bits per heavy atom. The van der Waals surface area contributed by atoms with Crippen molar-refractivity contribution in [3.05, 3.63) is 0 Å². The molecule has 4 heteroatoms. The number of ether oxygens (including phenoxy) is 1. The minimum Gasteiger partial charge on any atom is -0.379 e. The van der Waals surface area contributed by atoms with Crippen LogP contribution in [-0.4, -0.2) is 68.8 Å². The van der Waals surface area contributed by atoms with E-state index >= 15 is 0 Å². The van der Waals surface area contributed by atoms with Crippen LogP contribution in [0.25, 0.3) is 0 Å². The number of nitrogens with two attached hydrogens (primary N) is 1. The van der Waals surface area contributed by atoms with E-state index in [0.717, 1.165) is 26.3 Å². The van der Waals surface area contributed by atoms with Gasteiger partial charge >= 0.3 is 0 Å². The smallest absolute Gasteiger partial charge is 0.0624 e. The monoisotopic (exact) mass is 241 g/mol. The summed E-state index contributed by atoms with van der Waals surface area (Å²) in [6.07, 6.45) is 2.75. The Kier molecular flexibility index (Phi) is 4.42. The van der Waals surface area contributed by atoms with E-state index in [9.17, 15) is 0 Å². The zero-order chi connectivity index (χ0) is 12.3. The number of hydrogen-bond acceptors (Lipinski definition) is 4. The van der Waals surface area contributed by atoms with E-state index < -0.39 is 0 Å². The number of nitrogens with zero attached hydrogens (tertiary/aromatic N) is 2. The Morgan fingerprint density at radius 3 is 2.71 bits per heavy atom. The van der Waals surface area contributed by atoms with Gasteiger partial charge in [-0.05, 0) is 33.0 Å². The van der Waals surface area contributed by atoms with Crippen molar-refractivity contribution in [2.24, 2.45) is 11.1 Å². The van der Waals surface area contributed by atoms with E-state index in [1.807, 2.05) is 0 Å². The van der Waals surface area contributed by atoms with Crippen LogP contribution in [0.4, 0.5) is 0 Å². The first-order chi connectivity index (χ1) is 8.10. The van der Waals surface area contributed by atoms with Gasteiger partial charge in [0, 0.05) is 31.1 Å². The van der Waals surface area contributed by atoms with Gasteiger partial charge in [0.25, 0.3) is 0 Å². The predicted octanol–water partition coefficient (Wildman–Crippen LogP) is 0.378. The van der Waals surface area contributed by atoms with Gasteiger partial charge in [-0.25, -0.2) is 0 Å². The first-order valence-corrected chi connectivity index (χ1v) is 6.84. The van der Waals surface area contributed by atoms with Gasteiger partial charge in [-0.2, -0.15) is 0 Å². The number of hydrogen-bond donors (Lipinski definition) is 1. The van der Waals surface area contributed by atoms with Crippen molar-refractivity contribution in [2.75, 3.05) is 53.0 Å². The Bertz CT molecular complexity index is 243. The molecule has 0 aliphatic carbocycles. The minimum atomic E-state index is 0.139. The van der Waals surface area contributed by atoms with E-state index in [1.165, 1.54) is 32.5 Å². The molecule has 0 amide bonds. The normalized spacial score (nSPS) is 34.9. The summed E-state index contributed by atoms with van der Waals surface area (Å²) in [6, 6.07) is 0.191. The fourth-order valence-electron chi connectivity index (χ4n) is 2.90. The van der Waals surface area contributed by atoms with E-state index in [-0.39, 0.29) is 11.5 Å². The number of rotatable bonds is 5. The van der Waals surface area contributed by atoms with Gasteiger partial charge in [-0.1, -0.05) is 6.92 Å². The third-order valence-electron chi connectivity index (χ3n) is 4.25. The second kappa shape index (κ2) is 5.65. The molecule has 0 bridgehead atoms. The van der Waals surface area contributed by atoms with Crippen LogP contribution >= 0.6 is 0 Å². The summed E-state index contributed by atoms with van der Waals surface area (Å²) >= 11 is 0. The van der Waals surface area contributed by atoms with E-state index in [4.69, 9.17) is 10.5 Å². The average molecular weight is 241 g/mol. The van der Waals surface area contributed by atoms with Crippen LogP contribution in [-0.2, 0) is 4.74 Å². The molecule has 4 nitrogen and oxygen atoms in total. The fourth-order valence-corrected chi connectivity index (χ4v) is 2.90. The molecule has 0 aromatic rings. The Hall–Kier alpha value is -0.160. The third kappa shape index (κ3) is 3.41. The summed E-state index contributed by atoms with van der Waals surface area (Å²) in [5.41, 5.74) is 6.26. The van der Waals surface area contributed by atoms with Gasteiger partial charge < -0.3 is 20.3 Å². The lowest BCUT2D eigenvalue weighted by molar-refractivity contribution is 0.125. The molecule has 2 fully saturated rings. The number of likely N-dealkylation sites (tertiary alicyclic amines) is 1. The zero-order valence-electron chi connectivity index (χ0n) is 11.3. The molecule has 0 radical (unpaired) electrons. The molecular weight excluding hydrogens is 214 g/mol. The fraction of sp³-hybridized carbons (Fsp3) is 1.00. The Labute approximate surface area is 105 Å². The molecule has 2 aliphatic rings. The van der Waals surface area contributed by atoms with Gasteiger partial charge in [-0.3, -0.25) is 0 Å². The first kappa shape index (κ1) is 13.3. The molecule has 2 saturated heterocycles. The topological polar surface area (TPSA) is 41.7 Å². The van der Waals surface area contributed by atoms with E-state index in [1.54, 1.807) is 0 Å². The Morgan fingerprint density at radius 1 is 1.41 bits per heavy atom. The van der Waals surface area contributed by atoms with Crippen LogP contribution in [0.1, 0.15) is 19.8 Å². The quantitative estimate of drug-likeness (QED) is 0.755. The second-order valence-corrected chi connectivity index (χ2v) is 6.06. The van der Waals surface area contributed by atoms with Gasteiger partial charge in [-0.15, -0.1) is 0 Å². The minimum absolute atomic E-state index is 0.139. The first-order valence-electron chi connectivity index (χ1n) is 6.84. The molecule has 100 valence electrons. The van der Waals surface area contributed by atoms with Crippen LogP contribution < -0.4 is 5.73 Å². The lowest BCUT2D eigenvalue weighted by Crippen LogP contribution is -2.47. The highest BCUT2D eigenvalue weighted by Crippen LogP contribution is 2.27. The molecule has 2 aliphatic heterocycles. The van der Waals surface area contributed by atoms with Crippen molar-refractivity contribution < 1.29 is 4.74 Å². The summed E-state index contributed by atoms with van der Waals surface area (Å²) < 4.78 is 5.49. The molecule has 0 aromatic carbocycles. The van der Waals surface area contributed by atoms with Crippen molar-refractivity contribution in [2.45, 2.75) is 25.8 Å². The van der Waals surface area contributed by atoms with Gasteiger partial charge in [0.2, 0.25) is 0 Å². The standard InChI is InChI=1S/C13H27N3O/c1-13(11-17-9-12(13)14)10-15(2)7-8-16-5-3-4-6-16/h12H,3-11,14H2,1-2H3. The van der Waals surface area contributed by atoms with Crippen LogP contribution in [0.2, 0.25) is 0 Å². The third-order valence-corrected chi connectivity index (χ3v) is 4.25. The summed E-state index contributed by atoms with van der Waals surface area (Å²) in [6.45, 7) is 9.73. The molecule has 17 heavy (non-hydrogen) atoms. The summed E-state index contributed by atoms with van der Waals surface area (Å²) in [5.74, 6) is 0. The summed E-state index contributed by atoms with van der Waals surface area (Å²) in [5, 5.41) is 0. The highest BCUT2D eigenvalue weighted by Gasteiger charge is 2.38. The number of likely N-dealkylation sites (N-methyl/N-ethyl adjacent to an activating group) is 1. The van der Waals surface area contributed by atoms with Crippen molar-refractivity contribution in [1.82, 2.24) is 9.80 Å². The molecule has 2 rings (SSSR count). The molecule has 2 atom stereocenters. The van der Waals surface area contributed by atoms with Crippen molar-refractivity contribution in [3.8, 4) is 0 Å². The second-order valence-electron chi connectivity index (χ2n) is 6.06. The lowest BCUT2D eigenvalue weighted by atomic mass is 9.85. The predicted molar refractivity (Wildman–Crippen MR) is 70.1 cm³/mol.